The minimum absolute atomic E-state index is 0. The zero-order valence-electron chi connectivity index (χ0n) is 18.3. The molecule has 4 aromatic carbocycles. The molecule has 9 heteroatoms. The first-order valence-corrected chi connectivity index (χ1v) is 12.3. The van der Waals surface area contributed by atoms with Crippen molar-refractivity contribution in [2.75, 3.05) is 0 Å². The van der Waals surface area contributed by atoms with Crippen LogP contribution < -0.4 is 0 Å². The molecule has 0 spiro atoms. The van der Waals surface area contributed by atoms with Crippen molar-refractivity contribution < 1.29 is 39.3 Å². The maximum atomic E-state index is 10.9. The molecule has 0 saturated heterocycles. The fourth-order valence-corrected chi connectivity index (χ4v) is 4.98. The quantitative estimate of drug-likeness (QED) is 0.187. The third-order valence-electron chi connectivity index (χ3n) is 4.32. The fraction of sp³-hybridized carbons (Fsp3) is 0. The molecule has 0 radical (unpaired) electrons. The average molecular weight is 588 g/mol. The minimum atomic E-state index is -0.935. The number of hydrogen-bond acceptors (Lipinski definition) is 6. The van der Waals surface area contributed by atoms with Gasteiger partial charge in [0.05, 0.1) is 11.1 Å². The van der Waals surface area contributed by atoms with Gasteiger partial charge in [0.1, 0.15) is 0 Å². The monoisotopic (exact) mass is 586 g/mol. The van der Waals surface area contributed by atoms with Crippen LogP contribution in [-0.2, 0) is 44.7 Å². The standard InChI is InChI=1S/2C13H10O2S2.Zn/c2*14-13(15)9-6-7-11(16)12(8-9)17-10-4-2-1-3-5-10;/h2*1-8,16H,(H,14,15);/q;;+2/p-2. The smallest absolute Gasteiger partial charge is 0.779 e. The van der Waals surface area contributed by atoms with Gasteiger partial charge in [-0.3, -0.25) is 0 Å². The van der Waals surface area contributed by atoms with Gasteiger partial charge >= 0.3 is 31.4 Å². The summed E-state index contributed by atoms with van der Waals surface area (Å²) in [5.41, 5.74) is 0.522. The summed E-state index contributed by atoms with van der Waals surface area (Å²) in [4.78, 5) is 26.8. The van der Waals surface area contributed by atoms with Crippen LogP contribution in [-0.4, -0.2) is 22.2 Å². The Morgan fingerprint density at radius 3 is 1.23 bits per heavy atom. The van der Waals surface area contributed by atoms with Crippen LogP contribution in [0.2, 0.25) is 0 Å². The molecule has 172 valence electrons. The van der Waals surface area contributed by atoms with Crippen molar-refractivity contribution in [1.82, 2.24) is 0 Å². The molecule has 0 aliphatic carbocycles. The Labute approximate surface area is 236 Å². The minimum Gasteiger partial charge on any atom is -0.779 e. The molecule has 4 rings (SSSR count). The first-order valence-electron chi connectivity index (χ1n) is 9.88. The summed E-state index contributed by atoms with van der Waals surface area (Å²) in [5.74, 6) is -1.87. The van der Waals surface area contributed by atoms with E-state index in [-0.39, 0.29) is 30.6 Å². The molecule has 35 heavy (non-hydrogen) atoms. The summed E-state index contributed by atoms with van der Waals surface area (Å²) >= 11 is 13.3. The van der Waals surface area contributed by atoms with Crippen molar-refractivity contribution in [2.45, 2.75) is 29.4 Å². The van der Waals surface area contributed by atoms with Crippen molar-refractivity contribution in [3.63, 3.8) is 0 Å². The molecule has 0 amide bonds. The van der Waals surface area contributed by atoms with Gasteiger partial charge in [-0.2, -0.15) is 9.79 Å². The Morgan fingerprint density at radius 2 is 0.914 bits per heavy atom. The van der Waals surface area contributed by atoms with Gasteiger partial charge in [-0.1, -0.05) is 72.1 Å². The van der Waals surface area contributed by atoms with Crippen LogP contribution in [0.3, 0.4) is 0 Å². The van der Waals surface area contributed by atoms with Gasteiger partial charge in [-0.05, 0) is 58.3 Å². The van der Waals surface area contributed by atoms with E-state index >= 15 is 0 Å². The number of benzene rings is 4. The molecule has 0 aliphatic heterocycles. The molecule has 0 bridgehead atoms. The van der Waals surface area contributed by atoms with Gasteiger partial charge in [0, 0.05) is 9.79 Å². The second-order valence-electron chi connectivity index (χ2n) is 6.76. The molecular formula is C26H18O4S4Zn. The zero-order chi connectivity index (χ0) is 24.5. The van der Waals surface area contributed by atoms with Gasteiger partial charge in [0.25, 0.3) is 0 Å². The van der Waals surface area contributed by atoms with E-state index in [1.165, 1.54) is 35.7 Å². The number of aromatic carboxylic acids is 2. The first-order chi connectivity index (χ1) is 16.3. The summed E-state index contributed by atoms with van der Waals surface area (Å²) in [5, 5.41) is 17.8. The van der Waals surface area contributed by atoms with Gasteiger partial charge in [0.15, 0.2) is 0 Å². The maximum Gasteiger partial charge on any atom is 2.00 e. The van der Waals surface area contributed by atoms with E-state index in [9.17, 15) is 9.59 Å². The Kier molecular flexibility index (Phi) is 11.7. The Balaban J connectivity index is 0.000000240. The molecular weight excluding hydrogens is 570 g/mol. The SMILES string of the molecule is O=C(O)c1ccc([S-])c(Sc2ccccc2)c1.O=C(O)c1ccc([S-])c(Sc2ccccc2)c1.[Zn+2]. The van der Waals surface area contributed by atoms with E-state index in [0.29, 0.717) is 9.79 Å². The van der Waals surface area contributed by atoms with Crippen LogP contribution in [0.4, 0.5) is 0 Å². The third-order valence-corrected chi connectivity index (χ3v) is 7.42. The first kappa shape index (κ1) is 28.8. The molecule has 0 saturated carbocycles. The molecule has 0 unspecified atom stereocenters. The van der Waals surface area contributed by atoms with E-state index in [1.54, 1.807) is 24.3 Å². The predicted octanol–water partition coefficient (Wildman–Crippen LogP) is 6.88. The molecule has 0 atom stereocenters. The van der Waals surface area contributed by atoms with Crippen LogP contribution in [0.5, 0.6) is 0 Å². The van der Waals surface area contributed by atoms with Gasteiger partial charge < -0.3 is 35.5 Å². The second kappa shape index (κ2) is 14.2. The van der Waals surface area contributed by atoms with Gasteiger partial charge in [-0.25, -0.2) is 9.59 Å². The third kappa shape index (κ3) is 8.95. The van der Waals surface area contributed by atoms with Crippen LogP contribution in [0, 0.1) is 0 Å². The number of carboxylic acid groups (broad SMARTS) is 2. The molecule has 0 fully saturated rings. The Morgan fingerprint density at radius 1 is 0.571 bits per heavy atom. The Bertz CT molecular complexity index is 1180. The van der Waals surface area contributed by atoms with E-state index in [4.69, 9.17) is 35.5 Å². The van der Waals surface area contributed by atoms with E-state index in [1.807, 2.05) is 60.7 Å². The van der Waals surface area contributed by atoms with Gasteiger partial charge in [-0.15, -0.1) is 0 Å². The summed E-state index contributed by atoms with van der Waals surface area (Å²) in [6, 6.07) is 29.1. The number of carboxylic acids is 2. The van der Waals surface area contributed by atoms with Crippen molar-refractivity contribution in [3.8, 4) is 0 Å². The van der Waals surface area contributed by atoms with Crippen molar-refractivity contribution in [3.05, 3.63) is 108 Å². The van der Waals surface area contributed by atoms with Crippen LogP contribution in [0.15, 0.2) is 126 Å². The molecule has 0 aromatic heterocycles. The van der Waals surface area contributed by atoms with Crippen molar-refractivity contribution >= 4 is 60.7 Å². The van der Waals surface area contributed by atoms with Crippen LogP contribution in [0.25, 0.3) is 0 Å². The topological polar surface area (TPSA) is 74.6 Å². The number of carbonyl (C=O) groups is 2. The van der Waals surface area contributed by atoms with E-state index < -0.39 is 11.9 Å². The van der Waals surface area contributed by atoms with Crippen LogP contribution in [0.1, 0.15) is 20.7 Å². The average Bonchev–Trinajstić information content (AvgIpc) is 2.83. The molecule has 0 heterocycles. The van der Waals surface area contributed by atoms with E-state index in [2.05, 4.69) is 0 Å². The predicted molar refractivity (Wildman–Crippen MR) is 139 cm³/mol. The van der Waals surface area contributed by atoms with E-state index in [0.717, 1.165) is 19.6 Å². The summed E-state index contributed by atoms with van der Waals surface area (Å²) in [6.45, 7) is 0. The normalized spacial score (nSPS) is 9.83. The second-order valence-corrected chi connectivity index (χ2v) is 9.87. The maximum absolute atomic E-state index is 10.9. The van der Waals surface area contributed by atoms with Crippen molar-refractivity contribution in [2.24, 2.45) is 0 Å². The number of hydrogen-bond donors (Lipinski definition) is 2. The largest absolute Gasteiger partial charge is 2.00 e. The van der Waals surface area contributed by atoms with Crippen molar-refractivity contribution in [1.29, 1.82) is 0 Å². The Hall–Kier alpha value is -2.42. The summed E-state index contributed by atoms with van der Waals surface area (Å²) < 4.78 is 0. The fourth-order valence-electron chi connectivity index (χ4n) is 2.67. The van der Waals surface area contributed by atoms with Crippen LogP contribution >= 0.6 is 23.5 Å². The molecule has 4 nitrogen and oxygen atoms in total. The molecule has 4 aromatic rings. The summed E-state index contributed by atoms with van der Waals surface area (Å²) in [6.07, 6.45) is 0. The molecule has 0 aliphatic rings. The molecule has 2 N–H and O–H groups in total. The summed E-state index contributed by atoms with van der Waals surface area (Å²) in [7, 11) is 0. The zero-order valence-corrected chi connectivity index (χ0v) is 24.5. The van der Waals surface area contributed by atoms with Gasteiger partial charge in [0.2, 0.25) is 0 Å². The number of rotatable bonds is 6.